The molecule has 0 spiro atoms. The molecule has 6 heteroatoms. The number of Topliss-reactive ketones (excluding diaryl/α,β-unsaturated/α-hetero) is 1. The molecule has 2 aromatic carbocycles. The number of H-pyrrole nitrogens is 1. The molecule has 2 heterocycles. The smallest absolute Gasteiger partial charge is 0.338 e. The quantitative estimate of drug-likeness (QED) is 0.556. The van der Waals surface area contributed by atoms with Crippen LogP contribution in [0.5, 0.6) is 0 Å². The highest BCUT2D eigenvalue weighted by atomic mass is 16.6. The molecule has 0 unspecified atom stereocenters. The van der Waals surface area contributed by atoms with Crippen LogP contribution in [0.3, 0.4) is 0 Å². The fraction of sp³-hybridized carbons (Fsp3) is 0.238. The fourth-order valence-electron chi connectivity index (χ4n) is 3.18. The molecule has 1 aromatic heterocycles. The minimum atomic E-state index is -0.775. The Bertz CT molecular complexity index is 957. The lowest BCUT2D eigenvalue weighted by Crippen LogP contribution is -2.37. The molecule has 0 saturated carbocycles. The number of carbonyl (C=O) groups is 2. The first-order chi connectivity index (χ1) is 13.2. The molecule has 1 aliphatic rings. The van der Waals surface area contributed by atoms with E-state index in [1.165, 1.54) is 0 Å². The number of fused-ring (bicyclic) bond motifs is 1. The Balaban J connectivity index is 1.60. The number of nitrogens with one attached hydrogen (secondary N) is 1. The van der Waals surface area contributed by atoms with Crippen LogP contribution in [0, 0.1) is 0 Å². The summed E-state index contributed by atoms with van der Waals surface area (Å²) in [6.45, 7) is 0.600. The number of aromatic nitrogens is 1. The predicted molar refractivity (Wildman–Crippen MR) is 99.6 cm³/mol. The van der Waals surface area contributed by atoms with Crippen LogP contribution in [-0.4, -0.2) is 49.3 Å². The third-order valence-corrected chi connectivity index (χ3v) is 4.47. The zero-order valence-corrected chi connectivity index (χ0v) is 14.6. The first-order valence-electron chi connectivity index (χ1n) is 8.79. The lowest BCUT2D eigenvalue weighted by molar-refractivity contribution is -0.169. The Kier molecular flexibility index (Phi) is 5.00. The fourth-order valence-corrected chi connectivity index (χ4v) is 3.18. The molecule has 4 rings (SSSR count). The number of rotatable bonds is 5. The van der Waals surface area contributed by atoms with Crippen molar-refractivity contribution in [3.05, 3.63) is 60.2 Å². The Morgan fingerprint density at radius 1 is 1.04 bits per heavy atom. The molecule has 1 N–H and O–H groups in total. The molecular formula is C21H19NO5. The van der Waals surface area contributed by atoms with E-state index < -0.39 is 12.1 Å². The molecule has 1 fully saturated rings. The van der Waals surface area contributed by atoms with Crippen LogP contribution in [0.25, 0.3) is 22.2 Å². The normalized spacial score (nSPS) is 17.0. The number of ether oxygens (including phenoxy) is 3. The molecule has 27 heavy (non-hydrogen) atoms. The van der Waals surface area contributed by atoms with E-state index in [0.29, 0.717) is 18.8 Å². The number of carbonyl (C=O) groups excluding carboxylic acids is 2. The van der Waals surface area contributed by atoms with Gasteiger partial charge in [-0.05, 0) is 11.6 Å². The molecule has 1 saturated heterocycles. The van der Waals surface area contributed by atoms with Crippen molar-refractivity contribution in [3.63, 3.8) is 0 Å². The average Bonchev–Trinajstić information content (AvgIpc) is 3.13. The topological polar surface area (TPSA) is 77.6 Å². The number of aromatic amines is 1. The average molecular weight is 365 g/mol. The van der Waals surface area contributed by atoms with E-state index in [2.05, 4.69) is 4.98 Å². The van der Waals surface area contributed by atoms with E-state index in [-0.39, 0.29) is 19.0 Å². The molecule has 0 aliphatic carbocycles. The van der Waals surface area contributed by atoms with Crippen LogP contribution >= 0.6 is 0 Å². The Labute approximate surface area is 156 Å². The zero-order chi connectivity index (χ0) is 18.6. The maximum absolute atomic E-state index is 12.9. The highest BCUT2D eigenvalue weighted by Gasteiger charge is 2.26. The third-order valence-electron chi connectivity index (χ3n) is 4.47. The van der Waals surface area contributed by atoms with Crippen molar-refractivity contribution in [2.75, 3.05) is 26.4 Å². The first kappa shape index (κ1) is 17.5. The van der Waals surface area contributed by atoms with Gasteiger partial charge in [0.15, 0.2) is 12.7 Å². The van der Waals surface area contributed by atoms with Gasteiger partial charge in [0.05, 0.1) is 31.1 Å². The SMILES string of the molecule is O=C(COC(=O)[C@@H]1COCCO1)c1c(-c2ccccc2)[nH]c2ccccc12. The van der Waals surface area contributed by atoms with Gasteiger partial charge in [-0.15, -0.1) is 0 Å². The van der Waals surface area contributed by atoms with Crippen LogP contribution in [-0.2, 0) is 19.0 Å². The molecule has 0 bridgehead atoms. The lowest BCUT2D eigenvalue weighted by atomic mass is 10.0. The number of benzene rings is 2. The second kappa shape index (κ2) is 7.73. The minimum absolute atomic E-state index is 0.148. The van der Waals surface area contributed by atoms with Crippen molar-refractivity contribution in [2.24, 2.45) is 0 Å². The van der Waals surface area contributed by atoms with Gasteiger partial charge >= 0.3 is 5.97 Å². The molecule has 138 valence electrons. The maximum atomic E-state index is 12.9. The third kappa shape index (κ3) is 3.63. The summed E-state index contributed by atoms with van der Waals surface area (Å²) in [7, 11) is 0. The monoisotopic (exact) mass is 365 g/mol. The van der Waals surface area contributed by atoms with E-state index in [9.17, 15) is 9.59 Å². The second-order valence-electron chi connectivity index (χ2n) is 6.25. The Morgan fingerprint density at radius 2 is 1.81 bits per heavy atom. The van der Waals surface area contributed by atoms with Crippen molar-refractivity contribution < 1.29 is 23.8 Å². The maximum Gasteiger partial charge on any atom is 0.338 e. The van der Waals surface area contributed by atoms with Gasteiger partial charge in [0.2, 0.25) is 5.78 Å². The highest BCUT2D eigenvalue weighted by Crippen LogP contribution is 2.30. The summed E-state index contributed by atoms with van der Waals surface area (Å²) in [5.41, 5.74) is 2.99. The van der Waals surface area contributed by atoms with Crippen molar-refractivity contribution in [2.45, 2.75) is 6.10 Å². The molecular weight excluding hydrogens is 346 g/mol. The second-order valence-corrected chi connectivity index (χ2v) is 6.25. The van der Waals surface area contributed by atoms with Gasteiger partial charge in [0, 0.05) is 10.9 Å². The zero-order valence-electron chi connectivity index (χ0n) is 14.6. The summed E-state index contributed by atoms with van der Waals surface area (Å²) >= 11 is 0. The highest BCUT2D eigenvalue weighted by molar-refractivity contribution is 6.14. The predicted octanol–water partition coefficient (Wildman–Crippen LogP) is 2.98. The summed E-state index contributed by atoms with van der Waals surface area (Å²) in [6, 6.07) is 17.2. The molecule has 6 nitrogen and oxygen atoms in total. The first-order valence-corrected chi connectivity index (χ1v) is 8.79. The number of hydrogen-bond donors (Lipinski definition) is 1. The van der Waals surface area contributed by atoms with Crippen molar-refractivity contribution >= 4 is 22.7 Å². The Hall–Kier alpha value is -2.96. The summed E-state index contributed by atoms with van der Waals surface area (Å²) in [5, 5.41) is 0.801. The van der Waals surface area contributed by atoms with Gasteiger partial charge in [-0.25, -0.2) is 4.79 Å². The summed E-state index contributed by atoms with van der Waals surface area (Å²) in [4.78, 5) is 28.3. The molecule has 1 aliphatic heterocycles. The van der Waals surface area contributed by atoms with Crippen molar-refractivity contribution in [1.82, 2.24) is 4.98 Å². The molecule has 0 amide bonds. The lowest BCUT2D eigenvalue weighted by Gasteiger charge is -2.21. The van der Waals surface area contributed by atoms with Gasteiger partial charge in [-0.2, -0.15) is 0 Å². The van der Waals surface area contributed by atoms with Crippen LogP contribution in [0.4, 0.5) is 0 Å². The number of ketones is 1. The van der Waals surface area contributed by atoms with Gasteiger partial charge < -0.3 is 19.2 Å². The van der Waals surface area contributed by atoms with Crippen LogP contribution in [0.2, 0.25) is 0 Å². The van der Waals surface area contributed by atoms with E-state index in [4.69, 9.17) is 14.2 Å². The van der Waals surface area contributed by atoms with Gasteiger partial charge in [-0.1, -0.05) is 48.5 Å². The van der Waals surface area contributed by atoms with E-state index >= 15 is 0 Å². The van der Waals surface area contributed by atoms with Crippen molar-refractivity contribution in [3.8, 4) is 11.3 Å². The number of para-hydroxylation sites is 1. The minimum Gasteiger partial charge on any atom is -0.455 e. The summed E-state index contributed by atoms with van der Waals surface area (Å²) in [5.74, 6) is -0.847. The molecule has 3 aromatic rings. The van der Waals surface area contributed by atoms with E-state index in [1.54, 1.807) is 0 Å². The summed E-state index contributed by atoms with van der Waals surface area (Å²) in [6.07, 6.45) is -0.775. The van der Waals surface area contributed by atoms with Crippen LogP contribution in [0.1, 0.15) is 10.4 Å². The summed E-state index contributed by atoms with van der Waals surface area (Å²) < 4.78 is 15.7. The van der Waals surface area contributed by atoms with E-state index in [0.717, 1.165) is 22.2 Å². The van der Waals surface area contributed by atoms with Gasteiger partial charge in [-0.3, -0.25) is 4.79 Å². The number of hydrogen-bond acceptors (Lipinski definition) is 5. The standard InChI is InChI=1S/C21H19NO5/c23-17(12-27-21(24)18-13-25-10-11-26-18)19-15-8-4-5-9-16(15)22-20(19)14-6-2-1-3-7-14/h1-9,18,22H,10-13H2/t18-/m0/s1. The largest absolute Gasteiger partial charge is 0.455 e. The van der Waals surface area contributed by atoms with E-state index in [1.807, 2.05) is 54.6 Å². The van der Waals surface area contributed by atoms with Gasteiger partial charge in [0.1, 0.15) is 0 Å². The molecule has 0 radical (unpaired) electrons. The van der Waals surface area contributed by atoms with Crippen LogP contribution < -0.4 is 0 Å². The van der Waals surface area contributed by atoms with Gasteiger partial charge in [0.25, 0.3) is 0 Å². The number of esters is 1. The molecule has 1 atom stereocenters. The Morgan fingerprint density at radius 3 is 2.59 bits per heavy atom. The van der Waals surface area contributed by atoms with Crippen LogP contribution in [0.15, 0.2) is 54.6 Å². The van der Waals surface area contributed by atoms with Crippen molar-refractivity contribution in [1.29, 1.82) is 0 Å².